The number of hydrogen-bond donors (Lipinski definition) is 1. The van der Waals surface area contributed by atoms with Crippen LogP contribution in [0.5, 0.6) is 0 Å². The highest BCUT2D eigenvalue weighted by Gasteiger charge is 2.26. The summed E-state index contributed by atoms with van der Waals surface area (Å²) in [5.74, 6) is 0. The first kappa shape index (κ1) is 13.7. The molecule has 1 aliphatic heterocycles. The normalized spacial score (nSPS) is 18.7. The first-order valence-corrected chi connectivity index (χ1v) is 5.29. The van der Waals surface area contributed by atoms with Crippen molar-refractivity contribution < 1.29 is 9.53 Å². The Morgan fingerprint density at radius 3 is 2.56 bits per heavy atom. The molecule has 1 aromatic rings. The number of ether oxygens (including phenoxy) is 1. The van der Waals surface area contributed by atoms with Gasteiger partial charge in [-0.1, -0.05) is 34.8 Å². The molecule has 0 aliphatic carbocycles. The van der Waals surface area contributed by atoms with Crippen LogP contribution in [0.2, 0.25) is 15.1 Å². The molecule has 1 fully saturated rings. The van der Waals surface area contributed by atoms with Gasteiger partial charge in [0.25, 0.3) is 0 Å². The van der Waals surface area contributed by atoms with Gasteiger partial charge in [0.05, 0.1) is 16.1 Å². The molecular weight excluding hydrogens is 296 g/mol. The van der Waals surface area contributed by atoms with Crippen LogP contribution in [0, 0.1) is 0 Å². The van der Waals surface area contributed by atoms with E-state index in [2.05, 4.69) is 5.32 Å². The number of carbonyl (C=O) groups excluding carboxylic acids is 1. The zero-order valence-electron chi connectivity index (χ0n) is 7.80. The van der Waals surface area contributed by atoms with Gasteiger partial charge in [-0.2, -0.15) is 0 Å². The summed E-state index contributed by atoms with van der Waals surface area (Å²) in [6.07, 6.45) is -0.466. The fourth-order valence-electron chi connectivity index (χ4n) is 1.38. The molecule has 1 amide bonds. The van der Waals surface area contributed by atoms with Crippen molar-refractivity contribution in [1.29, 1.82) is 0 Å². The van der Waals surface area contributed by atoms with E-state index in [0.29, 0.717) is 20.6 Å². The molecule has 1 N–H and O–H groups in total. The van der Waals surface area contributed by atoms with Crippen LogP contribution in [-0.4, -0.2) is 12.7 Å². The Hall–Kier alpha value is -0.350. The smallest absolute Gasteiger partial charge is 0.407 e. The molecule has 3 nitrogen and oxygen atoms in total. The van der Waals surface area contributed by atoms with E-state index >= 15 is 0 Å². The van der Waals surface area contributed by atoms with Crippen LogP contribution in [0.3, 0.4) is 0 Å². The fraction of sp³-hybridized carbons (Fsp3) is 0.222. The van der Waals surface area contributed by atoms with E-state index < -0.39 is 6.09 Å². The maximum atomic E-state index is 10.9. The van der Waals surface area contributed by atoms with E-state index in [-0.39, 0.29) is 25.1 Å². The van der Waals surface area contributed by atoms with Crippen LogP contribution in [0.4, 0.5) is 4.79 Å². The number of halogens is 4. The molecular formula is C9H7Cl4NO2. The Morgan fingerprint density at radius 2 is 2.00 bits per heavy atom. The molecule has 0 radical (unpaired) electrons. The first-order chi connectivity index (χ1) is 7.08. The maximum absolute atomic E-state index is 10.9. The summed E-state index contributed by atoms with van der Waals surface area (Å²) in [5.41, 5.74) is 0.667. The number of cyclic esters (lactones) is 1. The van der Waals surface area contributed by atoms with Crippen LogP contribution in [0.15, 0.2) is 12.1 Å². The van der Waals surface area contributed by atoms with Gasteiger partial charge in [0, 0.05) is 5.02 Å². The van der Waals surface area contributed by atoms with Crippen LogP contribution >= 0.6 is 47.2 Å². The third-order valence-corrected chi connectivity index (χ3v) is 3.10. The molecule has 2 rings (SSSR count). The van der Waals surface area contributed by atoms with Gasteiger partial charge in [-0.05, 0) is 17.7 Å². The number of benzene rings is 1. The Labute approximate surface area is 113 Å². The SMILES string of the molecule is Cl.O=C1N[C@H](c2cc(Cl)cc(Cl)c2Cl)CO1. The van der Waals surface area contributed by atoms with Crippen molar-refractivity contribution in [1.82, 2.24) is 5.32 Å². The summed E-state index contributed by atoms with van der Waals surface area (Å²) in [7, 11) is 0. The number of amides is 1. The lowest BCUT2D eigenvalue weighted by Crippen LogP contribution is -2.18. The molecule has 1 saturated heterocycles. The molecule has 88 valence electrons. The van der Waals surface area contributed by atoms with E-state index in [9.17, 15) is 4.79 Å². The van der Waals surface area contributed by atoms with Gasteiger partial charge in [-0.25, -0.2) is 4.79 Å². The van der Waals surface area contributed by atoms with Gasteiger partial charge in [0.2, 0.25) is 0 Å². The molecule has 0 spiro atoms. The minimum atomic E-state index is -0.466. The molecule has 0 bridgehead atoms. The van der Waals surface area contributed by atoms with Gasteiger partial charge in [0.1, 0.15) is 6.61 Å². The number of hydrogen-bond acceptors (Lipinski definition) is 2. The molecule has 16 heavy (non-hydrogen) atoms. The van der Waals surface area contributed by atoms with E-state index in [0.717, 1.165) is 0 Å². The second-order valence-corrected chi connectivity index (χ2v) is 4.31. The first-order valence-electron chi connectivity index (χ1n) is 4.15. The van der Waals surface area contributed by atoms with Gasteiger partial charge < -0.3 is 10.1 Å². The van der Waals surface area contributed by atoms with Crippen LogP contribution < -0.4 is 5.32 Å². The molecule has 0 saturated carbocycles. The monoisotopic (exact) mass is 301 g/mol. The van der Waals surface area contributed by atoms with Crippen LogP contribution in [0.25, 0.3) is 0 Å². The Balaban J connectivity index is 0.00000128. The molecule has 7 heteroatoms. The minimum absolute atomic E-state index is 0. The lowest BCUT2D eigenvalue weighted by atomic mass is 10.1. The number of alkyl carbamates (subject to hydrolysis) is 1. The third-order valence-electron chi connectivity index (χ3n) is 2.07. The van der Waals surface area contributed by atoms with E-state index in [1.807, 2.05) is 0 Å². The Bertz CT molecular complexity index is 424. The van der Waals surface area contributed by atoms with Gasteiger partial charge in [-0.15, -0.1) is 12.4 Å². The minimum Gasteiger partial charge on any atom is -0.447 e. The van der Waals surface area contributed by atoms with Crippen molar-refractivity contribution in [2.45, 2.75) is 6.04 Å². The van der Waals surface area contributed by atoms with Crippen LogP contribution in [-0.2, 0) is 4.74 Å². The van der Waals surface area contributed by atoms with E-state index in [1.165, 1.54) is 0 Å². The van der Waals surface area contributed by atoms with Crippen molar-refractivity contribution in [2.24, 2.45) is 0 Å². The summed E-state index contributed by atoms with van der Waals surface area (Å²) in [5, 5.41) is 3.82. The second kappa shape index (κ2) is 5.32. The summed E-state index contributed by atoms with van der Waals surface area (Å²) in [6.45, 7) is 0.231. The molecule has 0 unspecified atom stereocenters. The number of nitrogens with one attached hydrogen (secondary N) is 1. The van der Waals surface area contributed by atoms with Gasteiger partial charge >= 0.3 is 6.09 Å². The molecule has 1 heterocycles. The fourth-order valence-corrected chi connectivity index (χ4v) is 2.13. The summed E-state index contributed by atoms with van der Waals surface area (Å²) >= 11 is 17.7. The van der Waals surface area contributed by atoms with Crippen molar-refractivity contribution in [3.8, 4) is 0 Å². The average molecular weight is 303 g/mol. The van der Waals surface area contributed by atoms with Crippen molar-refractivity contribution in [2.75, 3.05) is 6.61 Å². The van der Waals surface area contributed by atoms with Crippen LogP contribution in [0.1, 0.15) is 11.6 Å². The molecule has 0 aromatic heterocycles. The standard InChI is InChI=1S/C9H6Cl3NO2.ClH/c10-4-1-5(8(12)6(11)2-4)7-3-15-9(14)13-7;/h1-2,7H,3H2,(H,13,14);1H/t7-;/m0./s1. The number of rotatable bonds is 1. The van der Waals surface area contributed by atoms with Gasteiger partial charge in [-0.3, -0.25) is 0 Å². The molecule has 1 aliphatic rings. The van der Waals surface area contributed by atoms with Crippen molar-refractivity contribution in [3.63, 3.8) is 0 Å². The molecule has 1 atom stereocenters. The predicted octanol–water partition coefficient (Wildman–Crippen LogP) is 3.85. The lowest BCUT2D eigenvalue weighted by molar-refractivity contribution is 0.177. The van der Waals surface area contributed by atoms with E-state index in [1.54, 1.807) is 12.1 Å². The highest BCUT2D eigenvalue weighted by molar-refractivity contribution is 6.43. The summed E-state index contributed by atoms with van der Waals surface area (Å²) in [6, 6.07) is 2.92. The van der Waals surface area contributed by atoms with Crippen molar-refractivity contribution >= 4 is 53.3 Å². The average Bonchev–Trinajstić information content (AvgIpc) is 2.58. The number of carbonyl (C=O) groups is 1. The van der Waals surface area contributed by atoms with Crippen molar-refractivity contribution in [3.05, 3.63) is 32.8 Å². The largest absolute Gasteiger partial charge is 0.447 e. The predicted molar refractivity (Wildman–Crippen MR) is 65.9 cm³/mol. The Kier molecular flexibility index (Phi) is 4.56. The highest BCUT2D eigenvalue weighted by Crippen LogP contribution is 2.34. The highest BCUT2D eigenvalue weighted by atomic mass is 35.5. The second-order valence-electron chi connectivity index (χ2n) is 3.09. The third kappa shape index (κ3) is 2.66. The van der Waals surface area contributed by atoms with E-state index in [4.69, 9.17) is 39.5 Å². The molecule has 1 aromatic carbocycles. The topological polar surface area (TPSA) is 38.3 Å². The zero-order valence-corrected chi connectivity index (χ0v) is 10.9. The summed E-state index contributed by atoms with van der Waals surface area (Å²) in [4.78, 5) is 10.9. The zero-order chi connectivity index (χ0) is 11.0. The maximum Gasteiger partial charge on any atom is 0.407 e. The quantitative estimate of drug-likeness (QED) is 0.800. The van der Waals surface area contributed by atoms with Gasteiger partial charge in [0.15, 0.2) is 0 Å². The lowest BCUT2D eigenvalue weighted by Gasteiger charge is -2.11. The Morgan fingerprint density at radius 1 is 1.31 bits per heavy atom. The summed E-state index contributed by atoms with van der Waals surface area (Å²) < 4.78 is 4.76.